The maximum Gasteiger partial charge on any atom is 0.241 e. The van der Waals surface area contributed by atoms with Crippen LogP contribution >= 0.6 is 15.9 Å². The molecule has 19 heavy (non-hydrogen) atoms. The zero-order valence-electron chi connectivity index (χ0n) is 10.0. The first kappa shape index (κ1) is 14.2. The second-order valence-corrected chi connectivity index (χ2v) is 6.45. The molecule has 2 N–H and O–H groups in total. The first-order valence-corrected chi connectivity index (χ1v) is 7.95. The number of rotatable bonds is 6. The van der Waals surface area contributed by atoms with E-state index in [1.165, 1.54) is 6.33 Å². The van der Waals surface area contributed by atoms with E-state index >= 15 is 0 Å². The van der Waals surface area contributed by atoms with Crippen LogP contribution in [0, 0.1) is 0 Å². The van der Waals surface area contributed by atoms with Gasteiger partial charge in [-0.25, -0.2) is 18.1 Å². The number of hydrogen-bond donors (Lipinski definition) is 2. The van der Waals surface area contributed by atoms with Crippen LogP contribution in [0.25, 0.3) is 0 Å². The standard InChI is InChI=1S/C11H13BrN4O2S/c12-9-4-1-2-5-10(9)19(17,18)15-7-3-6-11-13-8-14-16-11/h1-2,4-5,8,15H,3,6-7H2,(H,13,14,16). The molecule has 0 aliphatic rings. The third kappa shape index (κ3) is 3.85. The van der Waals surface area contributed by atoms with Crippen LogP contribution in [0.1, 0.15) is 12.2 Å². The fourth-order valence-corrected chi connectivity index (χ4v) is 3.63. The van der Waals surface area contributed by atoms with Crippen LogP contribution < -0.4 is 4.72 Å². The molecule has 0 unspecified atom stereocenters. The number of nitrogens with zero attached hydrogens (tertiary/aromatic N) is 2. The molecule has 0 amide bonds. The van der Waals surface area contributed by atoms with Gasteiger partial charge in [0.1, 0.15) is 12.2 Å². The van der Waals surface area contributed by atoms with Gasteiger partial charge >= 0.3 is 0 Å². The summed E-state index contributed by atoms with van der Waals surface area (Å²) in [4.78, 5) is 4.22. The van der Waals surface area contributed by atoms with Crippen molar-refractivity contribution in [3.63, 3.8) is 0 Å². The van der Waals surface area contributed by atoms with Crippen LogP contribution in [0.15, 0.2) is 40.0 Å². The van der Waals surface area contributed by atoms with Gasteiger partial charge in [0.05, 0.1) is 4.90 Å². The summed E-state index contributed by atoms with van der Waals surface area (Å²) >= 11 is 3.23. The minimum Gasteiger partial charge on any atom is -0.263 e. The summed E-state index contributed by atoms with van der Waals surface area (Å²) in [6.07, 6.45) is 2.73. The summed E-state index contributed by atoms with van der Waals surface area (Å²) in [5, 5.41) is 6.46. The highest BCUT2D eigenvalue weighted by atomic mass is 79.9. The molecule has 2 rings (SSSR count). The number of aromatic amines is 1. The Labute approximate surface area is 119 Å². The smallest absolute Gasteiger partial charge is 0.241 e. The molecular formula is C11H13BrN4O2S. The SMILES string of the molecule is O=S(=O)(NCCCc1ncn[nH]1)c1ccccc1Br. The first-order valence-electron chi connectivity index (χ1n) is 5.68. The maximum atomic E-state index is 12.0. The minimum atomic E-state index is -3.48. The molecule has 6 nitrogen and oxygen atoms in total. The Balaban J connectivity index is 1.90. The lowest BCUT2D eigenvalue weighted by Crippen LogP contribution is -2.25. The fraction of sp³-hybridized carbons (Fsp3) is 0.273. The molecule has 0 saturated heterocycles. The first-order chi connectivity index (χ1) is 9.09. The van der Waals surface area contributed by atoms with Crippen molar-refractivity contribution < 1.29 is 8.42 Å². The van der Waals surface area contributed by atoms with Gasteiger partial charge in [-0.05, 0) is 34.5 Å². The highest BCUT2D eigenvalue weighted by Gasteiger charge is 2.16. The summed E-state index contributed by atoms with van der Waals surface area (Å²) in [6.45, 7) is 0.352. The number of benzene rings is 1. The quantitative estimate of drug-likeness (QED) is 0.777. The molecule has 0 bridgehead atoms. The van der Waals surface area contributed by atoms with Crippen LogP contribution in [0.4, 0.5) is 0 Å². The number of nitrogens with one attached hydrogen (secondary N) is 2. The number of halogens is 1. The highest BCUT2D eigenvalue weighted by Crippen LogP contribution is 2.20. The monoisotopic (exact) mass is 344 g/mol. The van der Waals surface area contributed by atoms with Gasteiger partial charge in [0, 0.05) is 17.4 Å². The average Bonchev–Trinajstić information content (AvgIpc) is 2.88. The molecule has 1 heterocycles. The Hall–Kier alpha value is -1.25. The maximum absolute atomic E-state index is 12.0. The van der Waals surface area contributed by atoms with Gasteiger partial charge in [0.15, 0.2) is 0 Å². The number of sulfonamides is 1. The Bertz CT molecular complexity index is 628. The van der Waals surface area contributed by atoms with E-state index < -0.39 is 10.0 Å². The molecule has 1 aromatic carbocycles. The number of aromatic nitrogens is 3. The lowest BCUT2D eigenvalue weighted by atomic mass is 10.3. The second-order valence-electron chi connectivity index (χ2n) is 3.86. The largest absolute Gasteiger partial charge is 0.263 e. The number of H-pyrrole nitrogens is 1. The van der Waals surface area contributed by atoms with E-state index in [0.29, 0.717) is 23.9 Å². The third-order valence-electron chi connectivity index (χ3n) is 2.47. The van der Waals surface area contributed by atoms with Crippen LogP contribution in [-0.4, -0.2) is 30.1 Å². The Morgan fingerprint density at radius 3 is 2.79 bits per heavy atom. The van der Waals surface area contributed by atoms with E-state index in [1.54, 1.807) is 24.3 Å². The van der Waals surface area contributed by atoms with Crippen molar-refractivity contribution in [2.75, 3.05) is 6.54 Å². The second kappa shape index (κ2) is 6.27. The molecular weight excluding hydrogens is 332 g/mol. The third-order valence-corrected chi connectivity index (χ3v) is 4.95. The van der Waals surface area contributed by atoms with E-state index in [1.807, 2.05) is 0 Å². The van der Waals surface area contributed by atoms with Crippen molar-refractivity contribution in [1.29, 1.82) is 0 Å². The van der Waals surface area contributed by atoms with Gasteiger partial charge in [-0.15, -0.1) is 0 Å². The predicted octanol–water partition coefficient (Wildman–Crippen LogP) is 1.48. The summed E-state index contributed by atoms with van der Waals surface area (Å²) in [7, 11) is -3.48. The van der Waals surface area contributed by atoms with Crippen molar-refractivity contribution in [3.05, 3.63) is 40.9 Å². The lowest BCUT2D eigenvalue weighted by molar-refractivity contribution is 0.578. The fourth-order valence-electron chi connectivity index (χ4n) is 1.55. The Morgan fingerprint density at radius 2 is 2.11 bits per heavy atom. The molecule has 0 aliphatic carbocycles. The van der Waals surface area contributed by atoms with Crippen LogP contribution in [0.3, 0.4) is 0 Å². The average molecular weight is 345 g/mol. The zero-order chi connectivity index (χ0) is 13.7. The molecule has 0 spiro atoms. The van der Waals surface area contributed by atoms with Gasteiger partial charge in [-0.3, -0.25) is 5.10 Å². The van der Waals surface area contributed by atoms with Crippen LogP contribution in [0.2, 0.25) is 0 Å². The molecule has 0 aliphatic heterocycles. The van der Waals surface area contributed by atoms with Crippen LogP contribution in [0.5, 0.6) is 0 Å². The van der Waals surface area contributed by atoms with Gasteiger partial charge in [-0.2, -0.15) is 5.10 Å². The topological polar surface area (TPSA) is 87.7 Å². The summed E-state index contributed by atoms with van der Waals surface area (Å²) in [5.74, 6) is 0.750. The molecule has 0 radical (unpaired) electrons. The summed E-state index contributed by atoms with van der Waals surface area (Å²) in [5.41, 5.74) is 0. The van der Waals surface area contributed by atoms with Crippen molar-refractivity contribution in [3.8, 4) is 0 Å². The summed E-state index contributed by atoms with van der Waals surface area (Å²) < 4.78 is 27.2. The zero-order valence-corrected chi connectivity index (χ0v) is 12.4. The van der Waals surface area contributed by atoms with E-state index in [2.05, 4.69) is 35.8 Å². The van der Waals surface area contributed by atoms with Gasteiger partial charge in [0.2, 0.25) is 10.0 Å². The van der Waals surface area contributed by atoms with Crippen molar-refractivity contribution in [2.24, 2.45) is 0 Å². The number of hydrogen-bond acceptors (Lipinski definition) is 4. The molecule has 102 valence electrons. The van der Waals surface area contributed by atoms with E-state index in [0.717, 1.165) is 5.82 Å². The molecule has 0 fully saturated rings. The van der Waals surface area contributed by atoms with Crippen molar-refractivity contribution in [2.45, 2.75) is 17.7 Å². The molecule has 0 saturated carbocycles. The molecule has 8 heteroatoms. The normalized spacial score (nSPS) is 11.6. The Morgan fingerprint density at radius 1 is 1.32 bits per heavy atom. The predicted molar refractivity (Wildman–Crippen MR) is 74.0 cm³/mol. The highest BCUT2D eigenvalue weighted by molar-refractivity contribution is 9.10. The lowest BCUT2D eigenvalue weighted by Gasteiger charge is -2.07. The summed E-state index contributed by atoms with van der Waals surface area (Å²) in [6, 6.07) is 6.72. The van der Waals surface area contributed by atoms with Gasteiger partial charge in [0.25, 0.3) is 0 Å². The molecule has 2 aromatic rings. The van der Waals surface area contributed by atoms with E-state index in [9.17, 15) is 8.42 Å². The minimum absolute atomic E-state index is 0.245. The Kier molecular flexibility index (Phi) is 4.67. The van der Waals surface area contributed by atoms with Crippen molar-refractivity contribution in [1.82, 2.24) is 19.9 Å². The van der Waals surface area contributed by atoms with Crippen LogP contribution in [-0.2, 0) is 16.4 Å². The van der Waals surface area contributed by atoms with Gasteiger partial charge < -0.3 is 0 Å². The van der Waals surface area contributed by atoms with Gasteiger partial charge in [-0.1, -0.05) is 12.1 Å². The van der Waals surface area contributed by atoms with E-state index in [4.69, 9.17) is 0 Å². The van der Waals surface area contributed by atoms with E-state index in [-0.39, 0.29) is 4.90 Å². The number of aryl methyl sites for hydroxylation is 1. The molecule has 0 atom stereocenters. The molecule has 1 aromatic heterocycles. The van der Waals surface area contributed by atoms with Crippen molar-refractivity contribution >= 4 is 26.0 Å².